The highest BCUT2D eigenvalue weighted by Crippen LogP contribution is 2.13. The molecule has 3 nitrogen and oxygen atoms in total. The van der Waals surface area contributed by atoms with E-state index in [1.807, 2.05) is 32.0 Å². The zero-order valence-corrected chi connectivity index (χ0v) is 13.4. The molecule has 0 saturated carbocycles. The van der Waals surface area contributed by atoms with Gasteiger partial charge in [-0.3, -0.25) is 4.79 Å². The summed E-state index contributed by atoms with van der Waals surface area (Å²) >= 11 is 3.29. The second kappa shape index (κ2) is 6.68. The number of Topliss-reactive ketones (excluding diaryl/α,β-unsaturated/α-hetero) is 1. The van der Waals surface area contributed by atoms with Crippen molar-refractivity contribution >= 4 is 27.7 Å². The van der Waals surface area contributed by atoms with Crippen molar-refractivity contribution in [3.63, 3.8) is 0 Å². The van der Waals surface area contributed by atoms with Gasteiger partial charge in [-0.15, -0.1) is 0 Å². The van der Waals surface area contributed by atoms with Gasteiger partial charge in [0.1, 0.15) is 0 Å². The van der Waals surface area contributed by atoms with Gasteiger partial charge in [-0.25, -0.2) is 4.79 Å². The lowest BCUT2D eigenvalue weighted by molar-refractivity contribution is 0.0474. The minimum Gasteiger partial charge on any atom is -0.454 e. The van der Waals surface area contributed by atoms with E-state index in [2.05, 4.69) is 15.9 Å². The molecule has 0 aromatic heterocycles. The number of carbonyl (C=O) groups excluding carboxylic acids is 2. The molecule has 4 heteroatoms. The molecular formula is C17H15BrO3. The Bertz CT molecular complexity index is 692. The van der Waals surface area contributed by atoms with Crippen molar-refractivity contribution in [2.45, 2.75) is 13.8 Å². The predicted molar refractivity (Wildman–Crippen MR) is 84.7 cm³/mol. The molecule has 108 valence electrons. The fraction of sp³-hybridized carbons (Fsp3) is 0.176. The van der Waals surface area contributed by atoms with Crippen molar-refractivity contribution in [3.8, 4) is 0 Å². The molecule has 0 fully saturated rings. The van der Waals surface area contributed by atoms with Crippen LogP contribution in [0.4, 0.5) is 0 Å². The lowest BCUT2D eigenvalue weighted by Crippen LogP contribution is -2.14. The highest BCUT2D eigenvalue weighted by atomic mass is 79.9. The molecule has 0 radical (unpaired) electrons. The summed E-state index contributed by atoms with van der Waals surface area (Å²) in [6.45, 7) is 3.67. The molecule has 0 aliphatic rings. The van der Waals surface area contributed by atoms with Crippen molar-refractivity contribution in [1.82, 2.24) is 0 Å². The molecule has 0 spiro atoms. The third kappa shape index (κ3) is 4.02. The summed E-state index contributed by atoms with van der Waals surface area (Å²) in [5.41, 5.74) is 3.13. The molecule has 0 saturated heterocycles. The highest BCUT2D eigenvalue weighted by Gasteiger charge is 2.12. The Morgan fingerprint density at radius 1 is 1.00 bits per heavy atom. The molecule has 2 rings (SSSR count). The van der Waals surface area contributed by atoms with Gasteiger partial charge in [0.2, 0.25) is 0 Å². The number of halogens is 1. The summed E-state index contributed by atoms with van der Waals surface area (Å²) in [7, 11) is 0. The Hall–Kier alpha value is -1.94. The second-order valence-electron chi connectivity index (χ2n) is 4.81. The zero-order valence-electron chi connectivity index (χ0n) is 11.9. The Kier molecular flexibility index (Phi) is 4.91. The molecule has 0 atom stereocenters. The number of carbonyl (C=O) groups is 2. The van der Waals surface area contributed by atoms with Crippen molar-refractivity contribution < 1.29 is 14.3 Å². The quantitative estimate of drug-likeness (QED) is 0.618. The Balaban J connectivity index is 2.00. The molecule has 2 aromatic carbocycles. The first-order valence-electron chi connectivity index (χ1n) is 6.50. The van der Waals surface area contributed by atoms with Crippen LogP contribution in [0.5, 0.6) is 0 Å². The minimum absolute atomic E-state index is 0.207. The fourth-order valence-electron chi connectivity index (χ4n) is 1.83. The number of rotatable bonds is 4. The van der Waals surface area contributed by atoms with Crippen LogP contribution >= 0.6 is 15.9 Å². The van der Waals surface area contributed by atoms with Gasteiger partial charge < -0.3 is 4.74 Å². The normalized spacial score (nSPS) is 10.2. The zero-order chi connectivity index (χ0) is 15.4. The maximum atomic E-state index is 12.0. The molecule has 0 unspecified atom stereocenters. The highest BCUT2D eigenvalue weighted by molar-refractivity contribution is 9.10. The van der Waals surface area contributed by atoms with E-state index >= 15 is 0 Å². The van der Waals surface area contributed by atoms with Crippen molar-refractivity contribution in [2.75, 3.05) is 6.61 Å². The van der Waals surface area contributed by atoms with E-state index in [1.165, 1.54) is 0 Å². The van der Waals surface area contributed by atoms with E-state index in [9.17, 15) is 9.59 Å². The first-order valence-corrected chi connectivity index (χ1v) is 7.30. The summed E-state index contributed by atoms with van der Waals surface area (Å²) in [6, 6.07) is 12.3. The van der Waals surface area contributed by atoms with Gasteiger partial charge >= 0.3 is 5.97 Å². The molecule has 0 amide bonds. The van der Waals surface area contributed by atoms with Gasteiger partial charge in [-0.1, -0.05) is 34.1 Å². The first kappa shape index (κ1) is 15.4. The van der Waals surface area contributed by atoms with Crippen molar-refractivity contribution in [3.05, 3.63) is 69.2 Å². The van der Waals surface area contributed by atoms with Gasteiger partial charge in [0.05, 0.1) is 5.56 Å². The average Bonchev–Trinajstić information content (AvgIpc) is 2.47. The van der Waals surface area contributed by atoms with Crippen LogP contribution in [-0.4, -0.2) is 18.4 Å². The predicted octanol–water partition coefficient (Wildman–Crippen LogP) is 4.11. The van der Waals surface area contributed by atoms with Gasteiger partial charge in [-0.2, -0.15) is 0 Å². The molecule has 0 bridgehead atoms. The number of ether oxygens (including phenoxy) is 1. The topological polar surface area (TPSA) is 43.4 Å². The number of hydrogen-bond acceptors (Lipinski definition) is 3. The Morgan fingerprint density at radius 2 is 1.76 bits per heavy atom. The lowest BCUT2D eigenvalue weighted by Gasteiger charge is -2.06. The minimum atomic E-state index is -0.506. The molecule has 0 aliphatic heterocycles. The van der Waals surface area contributed by atoms with Gasteiger partial charge in [-0.05, 0) is 49.2 Å². The maximum Gasteiger partial charge on any atom is 0.338 e. The summed E-state index contributed by atoms with van der Waals surface area (Å²) in [5.74, 6) is -0.713. The van der Waals surface area contributed by atoms with Crippen LogP contribution in [0, 0.1) is 13.8 Å². The number of esters is 1. The SMILES string of the molecule is Cc1ccc(C(=O)COC(=O)c2cccc(Br)c2)cc1C. The standard InChI is InChI=1S/C17H15BrO3/c1-11-6-7-13(8-12(11)2)16(19)10-21-17(20)14-4-3-5-15(18)9-14/h3-9H,10H2,1-2H3. The van der Waals surface area contributed by atoms with Crippen molar-refractivity contribution in [2.24, 2.45) is 0 Å². The number of hydrogen-bond donors (Lipinski definition) is 0. The monoisotopic (exact) mass is 346 g/mol. The van der Waals surface area contributed by atoms with Crippen LogP contribution in [0.15, 0.2) is 46.9 Å². The number of aryl methyl sites for hydroxylation is 2. The van der Waals surface area contributed by atoms with Crippen LogP contribution < -0.4 is 0 Å². The van der Waals surface area contributed by atoms with Crippen LogP contribution in [0.3, 0.4) is 0 Å². The molecule has 0 heterocycles. The van der Waals surface area contributed by atoms with E-state index in [0.29, 0.717) is 11.1 Å². The van der Waals surface area contributed by atoms with E-state index < -0.39 is 5.97 Å². The molecule has 0 aliphatic carbocycles. The van der Waals surface area contributed by atoms with Crippen LogP contribution in [0.2, 0.25) is 0 Å². The third-order valence-electron chi connectivity index (χ3n) is 3.22. The summed E-state index contributed by atoms with van der Waals surface area (Å²) in [6.07, 6.45) is 0. The Labute approximate surface area is 132 Å². The molecule has 21 heavy (non-hydrogen) atoms. The summed E-state index contributed by atoms with van der Waals surface area (Å²) < 4.78 is 5.85. The van der Waals surface area contributed by atoms with Crippen molar-refractivity contribution in [1.29, 1.82) is 0 Å². The van der Waals surface area contributed by atoms with E-state index in [4.69, 9.17) is 4.74 Å². The molecular weight excluding hydrogens is 332 g/mol. The third-order valence-corrected chi connectivity index (χ3v) is 3.72. The fourth-order valence-corrected chi connectivity index (χ4v) is 2.23. The van der Waals surface area contributed by atoms with E-state index in [0.717, 1.165) is 15.6 Å². The molecule has 0 N–H and O–H groups in total. The lowest BCUT2D eigenvalue weighted by atomic mass is 10.0. The van der Waals surface area contributed by atoms with E-state index in [1.54, 1.807) is 24.3 Å². The van der Waals surface area contributed by atoms with Crippen LogP contribution in [0.1, 0.15) is 31.8 Å². The largest absolute Gasteiger partial charge is 0.454 e. The van der Waals surface area contributed by atoms with Gasteiger partial charge in [0.15, 0.2) is 12.4 Å². The Morgan fingerprint density at radius 3 is 2.43 bits per heavy atom. The van der Waals surface area contributed by atoms with Crippen LogP contribution in [0.25, 0.3) is 0 Å². The van der Waals surface area contributed by atoms with Gasteiger partial charge in [0, 0.05) is 10.0 Å². The van der Waals surface area contributed by atoms with E-state index in [-0.39, 0.29) is 12.4 Å². The summed E-state index contributed by atoms with van der Waals surface area (Å²) in [5, 5.41) is 0. The number of benzene rings is 2. The van der Waals surface area contributed by atoms with Crippen LogP contribution in [-0.2, 0) is 4.74 Å². The van der Waals surface area contributed by atoms with Gasteiger partial charge in [0.25, 0.3) is 0 Å². The smallest absolute Gasteiger partial charge is 0.338 e. The maximum absolute atomic E-state index is 12.0. The summed E-state index contributed by atoms with van der Waals surface area (Å²) in [4.78, 5) is 23.9. The second-order valence-corrected chi connectivity index (χ2v) is 5.72. The number of ketones is 1. The average molecular weight is 347 g/mol. The molecule has 2 aromatic rings. The first-order chi connectivity index (χ1) is 9.97.